The van der Waals surface area contributed by atoms with Crippen molar-refractivity contribution in [3.05, 3.63) is 28.3 Å². The van der Waals surface area contributed by atoms with E-state index in [1.54, 1.807) is 0 Å². The summed E-state index contributed by atoms with van der Waals surface area (Å²) in [5, 5.41) is 4.91. The molecule has 8 heteroatoms. The van der Waals surface area contributed by atoms with E-state index < -0.39 is 27.8 Å². The highest BCUT2D eigenvalue weighted by Crippen LogP contribution is 2.38. The molecule has 3 N–H and O–H groups in total. The van der Waals surface area contributed by atoms with E-state index >= 15 is 0 Å². The lowest BCUT2D eigenvalue weighted by molar-refractivity contribution is -0.118. The molecule has 0 radical (unpaired) electrons. The highest BCUT2D eigenvalue weighted by atomic mass is 32.2. The van der Waals surface area contributed by atoms with Gasteiger partial charge in [0.1, 0.15) is 5.88 Å². The van der Waals surface area contributed by atoms with E-state index in [-0.39, 0.29) is 0 Å². The van der Waals surface area contributed by atoms with Crippen LogP contribution < -0.4 is 15.4 Å². The molecule has 0 spiro atoms. The summed E-state index contributed by atoms with van der Waals surface area (Å²) in [6.45, 7) is 1.21. The Bertz CT molecular complexity index is 770. The molecule has 3 amide bonds. The standard InChI is InChI=1S/C16H21N3O4S/c1-10(20)17-9-24(22,23)19-16(21)18-15-13-6-2-4-11(13)8-12-5-3-7-14(12)15/h8H,2-7,9H2,1H3,(H,17,20)(H2,18,19,21). The summed E-state index contributed by atoms with van der Waals surface area (Å²) >= 11 is 0. The van der Waals surface area contributed by atoms with Crippen molar-refractivity contribution in [2.75, 3.05) is 11.2 Å². The Morgan fingerprint density at radius 2 is 1.62 bits per heavy atom. The van der Waals surface area contributed by atoms with Crippen LogP contribution in [-0.4, -0.2) is 26.2 Å². The van der Waals surface area contributed by atoms with Crippen molar-refractivity contribution in [3.63, 3.8) is 0 Å². The number of hydrogen-bond donors (Lipinski definition) is 3. The Kier molecular flexibility index (Phi) is 4.49. The predicted molar refractivity (Wildman–Crippen MR) is 90.2 cm³/mol. The van der Waals surface area contributed by atoms with Crippen LogP contribution in [0.3, 0.4) is 0 Å². The molecule has 0 saturated heterocycles. The normalized spacial score (nSPS) is 15.5. The van der Waals surface area contributed by atoms with E-state index in [4.69, 9.17) is 0 Å². The van der Waals surface area contributed by atoms with Gasteiger partial charge in [-0.2, -0.15) is 0 Å². The maximum absolute atomic E-state index is 12.2. The molecule has 7 nitrogen and oxygen atoms in total. The number of carbonyl (C=O) groups is 2. The van der Waals surface area contributed by atoms with Gasteiger partial charge in [-0.05, 0) is 60.8 Å². The van der Waals surface area contributed by atoms with E-state index in [1.807, 2.05) is 4.72 Å². The zero-order valence-corrected chi connectivity index (χ0v) is 14.4. The molecule has 0 unspecified atom stereocenters. The second-order valence-corrected chi connectivity index (χ2v) is 8.00. The van der Waals surface area contributed by atoms with Crippen LogP contribution in [0.5, 0.6) is 0 Å². The molecule has 0 saturated carbocycles. The maximum Gasteiger partial charge on any atom is 0.332 e. The van der Waals surface area contributed by atoms with Crippen molar-refractivity contribution in [2.24, 2.45) is 0 Å². The Morgan fingerprint density at radius 1 is 1.04 bits per heavy atom. The van der Waals surface area contributed by atoms with Gasteiger partial charge in [0.05, 0.1) is 0 Å². The molecule has 24 heavy (non-hydrogen) atoms. The zero-order chi connectivity index (χ0) is 17.3. The fraction of sp³-hybridized carbons (Fsp3) is 0.500. The molecule has 0 aliphatic heterocycles. The van der Waals surface area contributed by atoms with Crippen molar-refractivity contribution in [1.82, 2.24) is 10.0 Å². The van der Waals surface area contributed by atoms with Crippen LogP contribution in [0.4, 0.5) is 10.5 Å². The highest BCUT2D eigenvalue weighted by Gasteiger charge is 2.25. The number of hydrogen-bond acceptors (Lipinski definition) is 4. The lowest BCUT2D eigenvalue weighted by Crippen LogP contribution is -2.41. The molecular weight excluding hydrogens is 330 g/mol. The Labute approximate surface area is 141 Å². The number of carbonyl (C=O) groups excluding carboxylic acids is 2. The first kappa shape index (κ1) is 16.8. The summed E-state index contributed by atoms with van der Waals surface area (Å²) in [5.41, 5.74) is 5.55. The predicted octanol–water partition coefficient (Wildman–Crippen LogP) is 1.21. The molecule has 0 bridgehead atoms. The van der Waals surface area contributed by atoms with E-state index in [9.17, 15) is 18.0 Å². The number of sulfonamides is 1. The summed E-state index contributed by atoms with van der Waals surface area (Å²) in [5.74, 6) is -1.10. The summed E-state index contributed by atoms with van der Waals surface area (Å²) in [6, 6.07) is 1.45. The summed E-state index contributed by atoms with van der Waals surface area (Å²) in [4.78, 5) is 23.0. The Morgan fingerprint density at radius 3 is 2.17 bits per heavy atom. The smallest absolute Gasteiger partial charge is 0.332 e. The number of amides is 3. The van der Waals surface area contributed by atoms with Gasteiger partial charge >= 0.3 is 6.03 Å². The highest BCUT2D eigenvalue weighted by molar-refractivity contribution is 7.90. The van der Waals surface area contributed by atoms with Crippen LogP contribution in [0.1, 0.15) is 42.0 Å². The topological polar surface area (TPSA) is 104 Å². The van der Waals surface area contributed by atoms with Gasteiger partial charge in [0.2, 0.25) is 5.91 Å². The van der Waals surface area contributed by atoms with Gasteiger partial charge in [0.25, 0.3) is 10.0 Å². The van der Waals surface area contributed by atoms with Crippen LogP contribution >= 0.6 is 0 Å². The number of nitrogens with one attached hydrogen (secondary N) is 3. The van der Waals surface area contributed by atoms with Gasteiger partial charge < -0.3 is 10.6 Å². The number of benzene rings is 1. The first-order chi connectivity index (χ1) is 11.4. The molecule has 0 fully saturated rings. The van der Waals surface area contributed by atoms with E-state index in [1.165, 1.54) is 18.1 Å². The first-order valence-corrected chi connectivity index (χ1v) is 9.73. The average molecular weight is 351 g/mol. The van der Waals surface area contributed by atoms with Gasteiger partial charge in [-0.1, -0.05) is 6.07 Å². The zero-order valence-electron chi connectivity index (χ0n) is 13.6. The molecule has 0 atom stereocenters. The van der Waals surface area contributed by atoms with Crippen LogP contribution in [-0.2, 0) is 40.5 Å². The SMILES string of the molecule is CC(=O)NCS(=O)(=O)NC(=O)Nc1c2c(cc3c1CCC3)CCC2. The summed E-state index contributed by atoms with van der Waals surface area (Å²) < 4.78 is 25.6. The quantitative estimate of drug-likeness (QED) is 0.758. The first-order valence-electron chi connectivity index (χ1n) is 8.08. The van der Waals surface area contributed by atoms with Crippen molar-refractivity contribution in [3.8, 4) is 0 Å². The minimum atomic E-state index is -3.92. The lowest BCUT2D eigenvalue weighted by Gasteiger charge is -2.16. The van der Waals surface area contributed by atoms with Crippen LogP contribution in [0.2, 0.25) is 0 Å². The fourth-order valence-corrected chi connectivity index (χ4v) is 4.28. The van der Waals surface area contributed by atoms with Crippen molar-refractivity contribution < 1.29 is 18.0 Å². The largest absolute Gasteiger partial charge is 0.341 e. The van der Waals surface area contributed by atoms with Crippen LogP contribution in [0, 0.1) is 0 Å². The summed E-state index contributed by atoms with van der Waals surface area (Å²) in [6.07, 6.45) is 5.90. The third-order valence-electron chi connectivity index (χ3n) is 4.47. The van der Waals surface area contributed by atoms with Gasteiger partial charge in [-0.3, -0.25) is 4.79 Å². The lowest BCUT2D eigenvalue weighted by atomic mass is 9.99. The van der Waals surface area contributed by atoms with Crippen LogP contribution in [0.25, 0.3) is 0 Å². The third-order valence-corrected chi connectivity index (χ3v) is 5.49. The molecule has 2 aliphatic rings. The second kappa shape index (κ2) is 6.43. The van der Waals surface area contributed by atoms with Gasteiger partial charge in [-0.25, -0.2) is 17.9 Å². The monoisotopic (exact) mass is 351 g/mol. The van der Waals surface area contributed by atoms with Crippen LogP contribution in [0.15, 0.2) is 6.07 Å². The number of fused-ring (bicyclic) bond motifs is 2. The minimum Gasteiger partial charge on any atom is -0.341 e. The van der Waals surface area contributed by atoms with Gasteiger partial charge in [0, 0.05) is 12.6 Å². The average Bonchev–Trinajstić information content (AvgIpc) is 3.13. The Balaban J connectivity index is 1.77. The van der Waals surface area contributed by atoms with E-state index in [2.05, 4.69) is 16.7 Å². The van der Waals surface area contributed by atoms with E-state index in [0.717, 1.165) is 55.3 Å². The molecule has 1 aromatic carbocycles. The molecular formula is C16H21N3O4S. The van der Waals surface area contributed by atoms with Gasteiger partial charge in [0.15, 0.2) is 0 Å². The molecule has 130 valence electrons. The van der Waals surface area contributed by atoms with Crippen molar-refractivity contribution >= 4 is 27.6 Å². The Hall–Kier alpha value is -2.09. The molecule has 2 aliphatic carbocycles. The van der Waals surface area contributed by atoms with Crippen molar-refractivity contribution in [2.45, 2.75) is 45.4 Å². The molecule has 0 aromatic heterocycles. The molecule has 0 heterocycles. The third kappa shape index (κ3) is 3.53. The second-order valence-electron chi connectivity index (χ2n) is 6.28. The number of anilines is 1. The number of aryl methyl sites for hydroxylation is 2. The van der Waals surface area contributed by atoms with Gasteiger partial charge in [-0.15, -0.1) is 0 Å². The number of rotatable bonds is 4. The molecule has 3 rings (SSSR count). The number of urea groups is 1. The van der Waals surface area contributed by atoms with Crippen molar-refractivity contribution in [1.29, 1.82) is 0 Å². The maximum atomic E-state index is 12.2. The minimum absolute atomic E-state index is 0.473. The summed E-state index contributed by atoms with van der Waals surface area (Å²) in [7, 11) is -3.92. The molecule has 1 aromatic rings. The van der Waals surface area contributed by atoms with E-state index in [0.29, 0.717) is 0 Å². The fourth-order valence-electron chi connectivity index (χ4n) is 3.48.